The first-order chi connectivity index (χ1) is 8.99. The molecule has 1 aromatic rings. The van der Waals surface area contributed by atoms with Gasteiger partial charge in [0.15, 0.2) is 11.6 Å². The van der Waals surface area contributed by atoms with Crippen molar-refractivity contribution in [3.8, 4) is 0 Å². The third-order valence-electron chi connectivity index (χ3n) is 3.82. The molecule has 19 heavy (non-hydrogen) atoms. The number of hydrogen-bond acceptors (Lipinski definition) is 1. The summed E-state index contributed by atoms with van der Waals surface area (Å²) >= 11 is 0. The van der Waals surface area contributed by atoms with Crippen molar-refractivity contribution >= 4 is 0 Å². The fourth-order valence-electron chi connectivity index (χ4n) is 3.01. The molecule has 1 aliphatic rings. The molecule has 0 radical (unpaired) electrons. The molecule has 0 aromatic heterocycles. The Bertz CT molecular complexity index is 445. The lowest BCUT2D eigenvalue weighted by molar-refractivity contribution is 0.274. The summed E-state index contributed by atoms with van der Waals surface area (Å²) in [6.45, 7) is 5.83. The molecule has 2 rings (SSSR count). The van der Waals surface area contributed by atoms with E-state index in [4.69, 9.17) is 0 Å². The summed E-state index contributed by atoms with van der Waals surface area (Å²) in [4.78, 5) is 0. The maximum atomic E-state index is 13.9. The minimum Gasteiger partial charge on any atom is -0.316 e. The van der Waals surface area contributed by atoms with E-state index < -0.39 is 17.5 Å². The number of hydrogen-bond donors (Lipinski definition) is 1. The summed E-state index contributed by atoms with van der Waals surface area (Å²) in [5.41, 5.74) is 0.325. The molecule has 1 fully saturated rings. The van der Waals surface area contributed by atoms with E-state index >= 15 is 0 Å². The molecule has 0 bridgehead atoms. The van der Waals surface area contributed by atoms with Crippen LogP contribution in [0.2, 0.25) is 0 Å². The van der Waals surface area contributed by atoms with Gasteiger partial charge in [-0.1, -0.05) is 13.8 Å². The lowest BCUT2D eigenvalue weighted by Gasteiger charge is -2.34. The summed E-state index contributed by atoms with van der Waals surface area (Å²) in [6.07, 6.45) is 1.72. The van der Waals surface area contributed by atoms with Gasteiger partial charge in [0.05, 0.1) is 0 Å². The Hall–Kier alpha value is -1.03. The Morgan fingerprint density at radius 2 is 1.84 bits per heavy atom. The maximum absolute atomic E-state index is 13.9. The Morgan fingerprint density at radius 1 is 1.16 bits per heavy atom. The van der Waals surface area contributed by atoms with E-state index in [-0.39, 0.29) is 11.8 Å². The maximum Gasteiger partial charge on any atom is 0.161 e. The van der Waals surface area contributed by atoms with Crippen molar-refractivity contribution in [2.45, 2.75) is 32.6 Å². The first-order valence-electron chi connectivity index (χ1n) is 6.84. The normalized spacial score (nSPS) is 23.9. The van der Waals surface area contributed by atoms with Gasteiger partial charge in [0, 0.05) is 6.07 Å². The van der Waals surface area contributed by atoms with Crippen LogP contribution in [0.5, 0.6) is 0 Å². The highest BCUT2D eigenvalue weighted by Gasteiger charge is 2.29. The highest BCUT2D eigenvalue weighted by Crippen LogP contribution is 2.36. The Morgan fingerprint density at radius 3 is 2.53 bits per heavy atom. The molecule has 0 amide bonds. The molecule has 1 aliphatic heterocycles. The fourth-order valence-corrected chi connectivity index (χ4v) is 3.01. The van der Waals surface area contributed by atoms with Gasteiger partial charge in [0.25, 0.3) is 0 Å². The predicted molar refractivity (Wildman–Crippen MR) is 69.5 cm³/mol. The highest BCUT2D eigenvalue weighted by molar-refractivity contribution is 5.25. The van der Waals surface area contributed by atoms with Crippen LogP contribution in [-0.4, -0.2) is 13.1 Å². The molecule has 0 aliphatic carbocycles. The molecule has 4 heteroatoms. The fraction of sp³-hybridized carbons (Fsp3) is 0.600. The van der Waals surface area contributed by atoms with E-state index in [0.29, 0.717) is 17.5 Å². The van der Waals surface area contributed by atoms with Crippen molar-refractivity contribution in [3.05, 3.63) is 35.1 Å². The second-order valence-electron chi connectivity index (χ2n) is 5.78. The molecule has 0 saturated carbocycles. The van der Waals surface area contributed by atoms with E-state index in [2.05, 4.69) is 19.2 Å². The molecule has 1 aromatic carbocycles. The van der Waals surface area contributed by atoms with Gasteiger partial charge in [0.1, 0.15) is 5.82 Å². The average molecular weight is 271 g/mol. The van der Waals surface area contributed by atoms with Gasteiger partial charge in [-0.2, -0.15) is 0 Å². The smallest absolute Gasteiger partial charge is 0.161 e. The molecule has 1 N–H and O–H groups in total. The number of piperidine rings is 1. The quantitative estimate of drug-likeness (QED) is 0.824. The van der Waals surface area contributed by atoms with Gasteiger partial charge in [0.2, 0.25) is 0 Å². The van der Waals surface area contributed by atoms with Crippen LogP contribution in [0.25, 0.3) is 0 Å². The molecular formula is C15H20F3N. The minimum absolute atomic E-state index is 0.0289. The third kappa shape index (κ3) is 3.30. The first kappa shape index (κ1) is 14.4. The van der Waals surface area contributed by atoms with Crippen LogP contribution in [0.3, 0.4) is 0 Å². The Labute approximate surface area is 112 Å². The van der Waals surface area contributed by atoms with Gasteiger partial charge in [-0.3, -0.25) is 0 Å². The zero-order chi connectivity index (χ0) is 14.0. The highest BCUT2D eigenvalue weighted by atomic mass is 19.2. The van der Waals surface area contributed by atoms with Crippen LogP contribution >= 0.6 is 0 Å². The lowest BCUT2D eigenvalue weighted by Crippen LogP contribution is -2.36. The molecule has 2 atom stereocenters. The summed E-state index contributed by atoms with van der Waals surface area (Å²) in [5, 5.41) is 3.30. The SMILES string of the molecule is CC(C)CC1CNCCC1c1cc(F)c(F)cc1F. The summed E-state index contributed by atoms with van der Waals surface area (Å²) in [5.74, 6) is -1.96. The van der Waals surface area contributed by atoms with Crippen molar-refractivity contribution in [1.29, 1.82) is 0 Å². The predicted octanol–water partition coefficient (Wildman–Crippen LogP) is 3.84. The average Bonchev–Trinajstić information content (AvgIpc) is 2.34. The van der Waals surface area contributed by atoms with Crippen LogP contribution in [-0.2, 0) is 0 Å². The topological polar surface area (TPSA) is 12.0 Å². The Balaban J connectivity index is 2.29. The van der Waals surface area contributed by atoms with Crippen LogP contribution in [0.1, 0.15) is 38.2 Å². The molecule has 1 heterocycles. The summed E-state index contributed by atoms with van der Waals surface area (Å²) in [6, 6.07) is 1.70. The molecule has 0 spiro atoms. The van der Waals surface area contributed by atoms with Gasteiger partial charge in [-0.25, -0.2) is 13.2 Å². The van der Waals surface area contributed by atoms with E-state index in [1.807, 2.05) is 0 Å². The number of halogens is 3. The number of benzene rings is 1. The minimum atomic E-state index is -1.12. The van der Waals surface area contributed by atoms with Gasteiger partial charge in [-0.15, -0.1) is 0 Å². The first-order valence-corrected chi connectivity index (χ1v) is 6.84. The zero-order valence-corrected chi connectivity index (χ0v) is 11.3. The van der Waals surface area contributed by atoms with Crippen molar-refractivity contribution in [2.24, 2.45) is 11.8 Å². The van der Waals surface area contributed by atoms with E-state index in [9.17, 15) is 13.2 Å². The number of nitrogens with one attached hydrogen (secondary N) is 1. The van der Waals surface area contributed by atoms with E-state index in [1.54, 1.807) is 0 Å². The van der Waals surface area contributed by atoms with Gasteiger partial charge in [-0.05, 0) is 55.3 Å². The van der Waals surface area contributed by atoms with Crippen molar-refractivity contribution < 1.29 is 13.2 Å². The van der Waals surface area contributed by atoms with Crippen LogP contribution in [0.4, 0.5) is 13.2 Å². The van der Waals surface area contributed by atoms with Gasteiger partial charge >= 0.3 is 0 Å². The second-order valence-corrected chi connectivity index (χ2v) is 5.78. The second kappa shape index (κ2) is 5.95. The largest absolute Gasteiger partial charge is 0.316 e. The van der Waals surface area contributed by atoms with E-state index in [0.717, 1.165) is 32.0 Å². The molecule has 1 nitrogen and oxygen atoms in total. The van der Waals surface area contributed by atoms with E-state index in [1.165, 1.54) is 0 Å². The van der Waals surface area contributed by atoms with Crippen LogP contribution in [0.15, 0.2) is 12.1 Å². The monoisotopic (exact) mass is 271 g/mol. The molecular weight excluding hydrogens is 251 g/mol. The van der Waals surface area contributed by atoms with Crippen molar-refractivity contribution in [3.63, 3.8) is 0 Å². The Kier molecular flexibility index (Phi) is 4.50. The van der Waals surface area contributed by atoms with Crippen LogP contribution in [0, 0.1) is 29.3 Å². The number of rotatable bonds is 3. The third-order valence-corrected chi connectivity index (χ3v) is 3.82. The standard InChI is InChI=1S/C15H20F3N/c1-9(2)5-10-8-19-4-3-11(10)12-6-14(17)15(18)7-13(12)16/h6-7,9-11,19H,3-5,8H2,1-2H3. The summed E-state index contributed by atoms with van der Waals surface area (Å²) < 4.78 is 40.3. The van der Waals surface area contributed by atoms with Crippen LogP contribution < -0.4 is 5.32 Å². The van der Waals surface area contributed by atoms with Crippen molar-refractivity contribution in [1.82, 2.24) is 5.32 Å². The van der Waals surface area contributed by atoms with Gasteiger partial charge < -0.3 is 5.32 Å². The lowest BCUT2D eigenvalue weighted by atomic mass is 9.77. The molecule has 2 unspecified atom stereocenters. The molecule has 1 saturated heterocycles. The molecule has 106 valence electrons. The zero-order valence-electron chi connectivity index (χ0n) is 11.3. The summed E-state index contributed by atoms with van der Waals surface area (Å²) in [7, 11) is 0. The van der Waals surface area contributed by atoms with Crippen molar-refractivity contribution in [2.75, 3.05) is 13.1 Å².